The Bertz CT molecular complexity index is 475. The van der Waals surface area contributed by atoms with Crippen LogP contribution in [0.3, 0.4) is 0 Å². The normalized spacial score (nSPS) is 14.3. The van der Waals surface area contributed by atoms with Gasteiger partial charge in [-0.2, -0.15) is 0 Å². The Morgan fingerprint density at radius 2 is 1.61 bits per heavy atom. The first-order valence-electron chi connectivity index (χ1n) is 5.40. The summed E-state index contributed by atoms with van der Waals surface area (Å²) in [7, 11) is 1.57. The van der Waals surface area contributed by atoms with Crippen LogP contribution in [0.5, 0.6) is 0 Å². The van der Waals surface area contributed by atoms with Crippen molar-refractivity contribution < 1.29 is 14.3 Å². The van der Waals surface area contributed by atoms with Gasteiger partial charge in [-0.1, -0.05) is 23.2 Å². The summed E-state index contributed by atoms with van der Waals surface area (Å²) >= 11 is 11.7. The van der Waals surface area contributed by atoms with Gasteiger partial charge in [0.2, 0.25) is 0 Å². The molecule has 0 spiro atoms. The van der Waals surface area contributed by atoms with E-state index >= 15 is 0 Å². The minimum absolute atomic E-state index is 0.273. The maximum Gasteiger partial charge on any atom is 0.261 e. The monoisotopic (exact) mass is 287 g/mol. The van der Waals surface area contributed by atoms with E-state index in [0.717, 1.165) is 0 Å². The first-order chi connectivity index (χ1) is 8.56. The highest BCUT2D eigenvalue weighted by Crippen LogP contribution is 2.31. The lowest BCUT2D eigenvalue weighted by Gasteiger charge is -2.12. The van der Waals surface area contributed by atoms with Crippen molar-refractivity contribution in [1.29, 1.82) is 0 Å². The van der Waals surface area contributed by atoms with Gasteiger partial charge in [-0.25, -0.2) is 0 Å². The fraction of sp³-hybridized carbons (Fsp3) is 0.333. The Morgan fingerprint density at radius 3 is 2.06 bits per heavy atom. The van der Waals surface area contributed by atoms with E-state index in [2.05, 4.69) is 0 Å². The van der Waals surface area contributed by atoms with Crippen molar-refractivity contribution in [2.24, 2.45) is 0 Å². The molecule has 0 atom stereocenters. The predicted molar refractivity (Wildman–Crippen MR) is 68.3 cm³/mol. The molecule has 0 radical (unpaired) electrons. The number of hydrogen-bond acceptors (Lipinski definition) is 3. The quantitative estimate of drug-likeness (QED) is 0.632. The van der Waals surface area contributed by atoms with Crippen LogP contribution in [-0.4, -0.2) is 37.0 Å². The van der Waals surface area contributed by atoms with E-state index in [-0.39, 0.29) is 21.9 Å². The number of imide groups is 1. The Kier molecular flexibility index (Phi) is 3.90. The Labute approximate surface area is 114 Å². The van der Waals surface area contributed by atoms with Crippen molar-refractivity contribution in [3.63, 3.8) is 0 Å². The summed E-state index contributed by atoms with van der Waals surface area (Å²) in [6.07, 6.45) is 0.601. The third-order valence-corrected chi connectivity index (χ3v) is 3.46. The summed E-state index contributed by atoms with van der Waals surface area (Å²) in [5.41, 5.74) is 0.624. The van der Waals surface area contributed by atoms with E-state index in [1.165, 1.54) is 17.0 Å². The van der Waals surface area contributed by atoms with Crippen molar-refractivity contribution in [3.8, 4) is 0 Å². The van der Waals surface area contributed by atoms with Gasteiger partial charge < -0.3 is 4.74 Å². The molecule has 0 unspecified atom stereocenters. The molecule has 0 saturated carbocycles. The van der Waals surface area contributed by atoms with Crippen LogP contribution in [-0.2, 0) is 4.74 Å². The van der Waals surface area contributed by atoms with Crippen LogP contribution in [0.4, 0.5) is 0 Å². The lowest BCUT2D eigenvalue weighted by Crippen LogP contribution is -2.31. The molecular formula is C12H11Cl2NO3. The lowest BCUT2D eigenvalue weighted by molar-refractivity contribution is 0.0638. The first kappa shape index (κ1) is 13.3. The van der Waals surface area contributed by atoms with Crippen molar-refractivity contribution in [2.45, 2.75) is 6.42 Å². The molecule has 1 aliphatic heterocycles. The SMILES string of the molecule is COCCCN1C(=O)c2cc(Cl)c(Cl)cc2C1=O. The molecule has 0 saturated heterocycles. The molecule has 0 N–H and O–H groups in total. The molecule has 6 heteroatoms. The molecule has 18 heavy (non-hydrogen) atoms. The molecule has 2 amide bonds. The van der Waals surface area contributed by atoms with Gasteiger partial charge in [0.05, 0.1) is 21.2 Å². The maximum atomic E-state index is 12.0. The molecule has 1 aromatic rings. The Hall–Kier alpha value is -1.10. The van der Waals surface area contributed by atoms with Crippen molar-refractivity contribution in [1.82, 2.24) is 4.90 Å². The summed E-state index contributed by atoms with van der Waals surface area (Å²) < 4.78 is 4.90. The number of hydrogen-bond donors (Lipinski definition) is 0. The lowest BCUT2D eigenvalue weighted by atomic mass is 10.1. The number of halogens is 2. The van der Waals surface area contributed by atoms with E-state index in [9.17, 15) is 9.59 Å². The van der Waals surface area contributed by atoms with Crippen LogP contribution < -0.4 is 0 Å². The van der Waals surface area contributed by atoms with E-state index < -0.39 is 0 Å². The van der Waals surface area contributed by atoms with Gasteiger partial charge in [0.15, 0.2) is 0 Å². The van der Waals surface area contributed by atoms with Crippen LogP contribution in [0.15, 0.2) is 12.1 Å². The third-order valence-electron chi connectivity index (χ3n) is 2.74. The number of ether oxygens (including phenoxy) is 1. The average molecular weight is 288 g/mol. The highest BCUT2D eigenvalue weighted by molar-refractivity contribution is 6.43. The Morgan fingerprint density at radius 1 is 1.11 bits per heavy atom. The minimum Gasteiger partial charge on any atom is -0.385 e. The zero-order valence-electron chi connectivity index (χ0n) is 9.70. The van der Waals surface area contributed by atoms with Crippen LogP contribution in [0, 0.1) is 0 Å². The zero-order valence-corrected chi connectivity index (χ0v) is 11.2. The van der Waals surface area contributed by atoms with Gasteiger partial charge in [0, 0.05) is 20.3 Å². The fourth-order valence-electron chi connectivity index (χ4n) is 1.85. The number of amides is 2. The number of nitrogens with zero attached hydrogens (tertiary/aromatic N) is 1. The number of fused-ring (bicyclic) bond motifs is 1. The van der Waals surface area contributed by atoms with Crippen molar-refractivity contribution in [2.75, 3.05) is 20.3 Å². The van der Waals surface area contributed by atoms with Gasteiger partial charge in [-0.05, 0) is 18.6 Å². The summed E-state index contributed by atoms with van der Waals surface area (Å²) in [5, 5.41) is 0.547. The molecular weight excluding hydrogens is 277 g/mol. The molecule has 1 aliphatic rings. The summed E-state index contributed by atoms with van der Waals surface area (Å²) in [6.45, 7) is 0.824. The maximum absolute atomic E-state index is 12.0. The van der Waals surface area contributed by atoms with Gasteiger partial charge in [-0.15, -0.1) is 0 Å². The second-order valence-electron chi connectivity index (χ2n) is 3.92. The number of methoxy groups -OCH3 is 1. The number of carbonyl (C=O) groups excluding carboxylic acids is 2. The number of carbonyl (C=O) groups is 2. The van der Waals surface area contributed by atoms with Crippen LogP contribution >= 0.6 is 23.2 Å². The smallest absolute Gasteiger partial charge is 0.261 e. The van der Waals surface area contributed by atoms with E-state index in [1.807, 2.05) is 0 Å². The van der Waals surface area contributed by atoms with Crippen LogP contribution in [0.25, 0.3) is 0 Å². The van der Waals surface area contributed by atoms with Crippen molar-refractivity contribution in [3.05, 3.63) is 33.3 Å². The summed E-state index contributed by atoms with van der Waals surface area (Å²) in [5.74, 6) is -0.658. The molecule has 0 aliphatic carbocycles. The second-order valence-corrected chi connectivity index (χ2v) is 4.73. The standard InChI is InChI=1S/C12H11Cl2NO3/c1-18-4-2-3-15-11(16)7-5-9(13)10(14)6-8(7)12(15)17/h5-6H,2-4H2,1H3. The minimum atomic E-state index is -0.329. The van der Waals surface area contributed by atoms with Crippen molar-refractivity contribution >= 4 is 35.0 Å². The molecule has 2 rings (SSSR count). The largest absolute Gasteiger partial charge is 0.385 e. The van der Waals surface area contributed by atoms with Gasteiger partial charge >= 0.3 is 0 Å². The first-order valence-corrected chi connectivity index (χ1v) is 6.16. The fourth-order valence-corrected chi connectivity index (χ4v) is 2.18. The molecule has 96 valence electrons. The highest BCUT2D eigenvalue weighted by atomic mass is 35.5. The average Bonchev–Trinajstić information content (AvgIpc) is 2.56. The molecule has 0 aromatic heterocycles. The summed E-state index contributed by atoms with van der Waals surface area (Å²) in [6, 6.07) is 2.88. The molecule has 0 bridgehead atoms. The molecule has 1 heterocycles. The van der Waals surface area contributed by atoms with Crippen LogP contribution in [0.1, 0.15) is 27.1 Å². The molecule has 0 fully saturated rings. The van der Waals surface area contributed by atoms with E-state index in [0.29, 0.717) is 30.7 Å². The van der Waals surface area contributed by atoms with Gasteiger partial charge in [-0.3, -0.25) is 14.5 Å². The predicted octanol–water partition coefficient (Wildman–Crippen LogP) is 2.63. The van der Waals surface area contributed by atoms with Gasteiger partial charge in [0.1, 0.15) is 0 Å². The number of rotatable bonds is 4. The molecule has 4 nitrogen and oxygen atoms in total. The third kappa shape index (κ3) is 2.23. The van der Waals surface area contributed by atoms with Gasteiger partial charge in [0.25, 0.3) is 11.8 Å². The Balaban J connectivity index is 2.26. The number of benzene rings is 1. The summed E-state index contributed by atoms with van der Waals surface area (Å²) in [4.78, 5) is 25.2. The van der Waals surface area contributed by atoms with E-state index in [1.54, 1.807) is 7.11 Å². The highest BCUT2D eigenvalue weighted by Gasteiger charge is 2.35. The van der Waals surface area contributed by atoms with E-state index in [4.69, 9.17) is 27.9 Å². The second kappa shape index (κ2) is 5.26. The topological polar surface area (TPSA) is 46.6 Å². The molecule has 1 aromatic carbocycles. The van der Waals surface area contributed by atoms with Crippen LogP contribution in [0.2, 0.25) is 10.0 Å². The zero-order chi connectivity index (χ0) is 13.3.